The summed E-state index contributed by atoms with van der Waals surface area (Å²) < 4.78 is 0. The lowest BCUT2D eigenvalue weighted by Gasteiger charge is -1.96. The Kier molecular flexibility index (Phi) is 5.13. The maximum Gasteiger partial charge on any atom is 0.0481 e. The third kappa shape index (κ3) is 3.60. The fourth-order valence-corrected chi connectivity index (χ4v) is 8.96. The third-order valence-electron chi connectivity index (χ3n) is 5.07. The quantitative estimate of drug-likeness (QED) is 0.246. The van der Waals surface area contributed by atoms with Crippen molar-refractivity contribution in [3.63, 3.8) is 0 Å². The maximum absolute atomic E-state index is 2.30. The van der Waals surface area contributed by atoms with Gasteiger partial charge in [0.1, 0.15) is 0 Å². The van der Waals surface area contributed by atoms with Crippen molar-refractivity contribution in [2.75, 3.05) is 0 Å². The second-order valence-electron chi connectivity index (χ2n) is 7.16. The standard InChI is InChI=1S/C24H20S5/c1-13-5-7-17(25-13)19-9-11-21(27-19)23-15(3)16(4)24(29-23)22-12-10-20(28-22)18-8-6-14(2)26-18/h5-12H,1-4H3. The molecule has 5 rings (SSSR count). The molecule has 5 heteroatoms. The van der Waals surface area contributed by atoms with E-state index < -0.39 is 0 Å². The minimum Gasteiger partial charge on any atom is -0.140 e. The van der Waals surface area contributed by atoms with Crippen molar-refractivity contribution >= 4 is 56.7 Å². The van der Waals surface area contributed by atoms with E-state index in [-0.39, 0.29) is 0 Å². The van der Waals surface area contributed by atoms with Gasteiger partial charge in [-0.15, -0.1) is 56.7 Å². The summed E-state index contributed by atoms with van der Waals surface area (Å²) in [5.41, 5.74) is 2.84. The summed E-state index contributed by atoms with van der Waals surface area (Å²) in [5.74, 6) is 0. The molecule has 5 aromatic rings. The summed E-state index contributed by atoms with van der Waals surface area (Å²) in [6, 6.07) is 18.1. The molecule has 0 fully saturated rings. The monoisotopic (exact) mass is 468 g/mol. The van der Waals surface area contributed by atoms with Gasteiger partial charge in [0, 0.05) is 48.8 Å². The highest BCUT2D eigenvalue weighted by Gasteiger charge is 2.18. The largest absolute Gasteiger partial charge is 0.140 e. The molecular formula is C24H20S5. The van der Waals surface area contributed by atoms with E-state index in [1.54, 1.807) is 0 Å². The van der Waals surface area contributed by atoms with Crippen LogP contribution >= 0.6 is 56.7 Å². The third-order valence-corrected chi connectivity index (χ3v) is 11.4. The molecule has 0 radical (unpaired) electrons. The zero-order valence-corrected chi connectivity index (χ0v) is 20.7. The number of hydrogen-bond acceptors (Lipinski definition) is 5. The Hall–Kier alpha value is -1.50. The van der Waals surface area contributed by atoms with E-state index in [9.17, 15) is 0 Å². The first-order chi connectivity index (χ1) is 14.0. The van der Waals surface area contributed by atoms with Gasteiger partial charge in [-0.2, -0.15) is 0 Å². The molecule has 0 saturated heterocycles. The molecule has 0 aliphatic rings. The molecule has 0 saturated carbocycles. The molecule has 0 bridgehead atoms. The molecule has 0 aliphatic carbocycles. The normalized spacial score (nSPS) is 11.4. The number of hydrogen-bond donors (Lipinski definition) is 0. The van der Waals surface area contributed by atoms with Crippen LogP contribution in [0.25, 0.3) is 39.0 Å². The highest BCUT2D eigenvalue weighted by molar-refractivity contribution is 7.29. The molecule has 29 heavy (non-hydrogen) atoms. The molecule has 0 amide bonds. The fraction of sp³-hybridized carbons (Fsp3) is 0.167. The van der Waals surface area contributed by atoms with E-state index in [0.29, 0.717) is 0 Å². The van der Waals surface area contributed by atoms with E-state index in [2.05, 4.69) is 76.2 Å². The SMILES string of the molecule is Cc1ccc(-c2ccc(-c3sc(-c4ccc(-c5ccc(C)s5)s4)c(C)c3C)s2)s1. The van der Waals surface area contributed by atoms with E-state index in [1.165, 1.54) is 59.9 Å². The molecule has 0 spiro atoms. The van der Waals surface area contributed by atoms with Crippen molar-refractivity contribution < 1.29 is 0 Å². The van der Waals surface area contributed by atoms with Crippen LogP contribution in [-0.4, -0.2) is 0 Å². The second-order valence-corrected chi connectivity index (χ2v) is 12.9. The van der Waals surface area contributed by atoms with Crippen molar-refractivity contribution in [1.29, 1.82) is 0 Å². The molecule has 0 aliphatic heterocycles. The molecule has 146 valence electrons. The van der Waals surface area contributed by atoms with E-state index >= 15 is 0 Å². The Bertz CT molecular complexity index is 1200. The van der Waals surface area contributed by atoms with Crippen molar-refractivity contribution in [2.24, 2.45) is 0 Å². The highest BCUT2D eigenvalue weighted by Crippen LogP contribution is 2.48. The van der Waals surface area contributed by atoms with Gasteiger partial charge in [0.2, 0.25) is 0 Å². The van der Waals surface area contributed by atoms with Gasteiger partial charge in [0.15, 0.2) is 0 Å². The van der Waals surface area contributed by atoms with Crippen LogP contribution in [0.2, 0.25) is 0 Å². The van der Waals surface area contributed by atoms with Crippen molar-refractivity contribution in [1.82, 2.24) is 0 Å². The second kappa shape index (κ2) is 7.64. The first-order valence-electron chi connectivity index (χ1n) is 9.43. The van der Waals surface area contributed by atoms with Crippen molar-refractivity contribution in [3.8, 4) is 39.0 Å². The van der Waals surface area contributed by atoms with Gasteiger partial charge in [0.05, 0.1) is 0 Å². The Morgan fingerprint density at radius 3 is 1.10 bits per heavy atom. The van der Waals surface area contributed by atoms with E-state index in [1.807, 2.05) is 56.7 Å². The Morgan fingerprint density at radius 1 is 0.379 bits per heavy atom. The Labute approximate surface area is 191 Å². The molecule has 0 N–H and O–H groups in total. The first kappa shape index (κ1) is 19.5. The molecule has 5 aromatic heterocycles. The smallest absolute Gasteiger partial charge is 0.0481 e. The summed E-state index contributed by atoms with van der Waals surface area (Å²) in [7, 11) is 0. The zero-order valence-electron chi connectivity index (χ0n) is 16.7. The lowest BCUT2D eigenvalue weighted by Crippen LogP contribution is -1.75. The van der Waals surface area contributed by atoms with Gasteiger partial charge < -0.3 is 0 Å². The number of aryl methyl sites for hydroxylation is 2. The van der Waals surface area contributed by atoms with Crippen LogP contribution in [-0.2, 0) is 0 Å². The van der Waals surface area contributed by atoms with Gasteiger partial charge in [-0.1, -0.05) is 0 Å². The molecule has 0 aromatic carbocycles. The van der Waals surface area contributed by atoms with Gasteiger partial charge in [0.25, 0.3) is 0 Å². The van der Waals surface area contributed by atoms with Gasteiger partial charge >= 0.3 is 0 Å². The molecular weight excluding hydrogens is 449 g/mol. The lowest BCUT2D eigenvalue weighted by atomic mass is 10.1. The summed E-state index contributed by atoms with van der Waals surface area (Å²) >= 11 is 9.53. The molecule has 5 heterocycles. The average Bonchev–Trinajstić information content (AvgIpc) is 3.48. The van der Waals surface area contributed by atoms with Gasteiger partial charge in [-0.3, -0.25) is 0 Å². The number of thiophene rings is 5. The minimum atomic E-state index is 1.37. The van der Waals surface area contributed by atoms with Crippen LogP contribution in [0.1, 0.15) is 20.9 Å². The van der Waals surface area contributed by atoms with Crippen LogP contribution < -0.4 is 0 Å². The average molecular weight is 469 g/mol. The van der Waals surface area contributed by atoms with Crippen molar-refractivity contribution in [3.05, 3.63) is 69.4 Å². The van der Waals surface area contributed by atoms with Crippen molar-refractivity contribution in [2.45, 2.75) is 27.7 Å². The summed E-state index contributed by atoms with van der Waals surface area (Å²) in [4.78, 5) is 13.8. The predicted octanol–water partition coefficient (Wildman–Crippen LogP) is 9.90. The molecule has 0 unspecified atom stereocenters. The minimum absolute atomic E-state index is 1.37. The van der Waals surface area contributed by atoms with E-state index in [0.717, 1.165) is 0 Å². The van der Waals surface area contributed by atoms with Crippen LogP contribution in [0.4, 0.5) is 0 Å². The fourth-order valence-electron chi connectivity index (χ4n) is 3.38. The van der Waals surface area contributed by atoms with Gasteiger partial charge in [-0.25, -0.2) is 0 Å². The molecule has 0 atom stereocenters. The van der Waals surface area contributed by atoms with Crippen LogP contribution in [0.5, 0.6) is 0 Å². The van der Waals surface area contributed by atoms with Crippen LogP contribution in [0.3, 0.4) is 0 Å². The van der Waals surface area contributed by atoms with Crippen LogP contribution in [0.15, 0.2) is 48.5 Å². The predicted molar refractivity (Wildman–Crippen MR) is 137 cm³/mol. The maximum atomic E-state index is 2.30. The van der Waals surface area contributed by atoms with Gasteiger partial charge in [-0.05, 0) is 87.4 Å². The van der Waals surface area contributed by atoms with E-state index in [4.69, 9.17) is 0 Å². The first-order valence-corrected chi connectivity index (χ1v) is 13.5. The van der Waals surface area contributed by atoms with Crippen LogP contribution in [0, 0.1) is 27.7 Å². The Balaban J connectivity index is 1.51. The summed E-state index contributed by atoms with van der Waals surface area (Å²) in [6.07, 6.45) is 0. The lowest BCUT2D eigenvalue weighted by molar-refractivity contribution is 1.41. The topological polar surface area (TPSA) is 0 Å². The summed E-state index contributed by atoms with van der Waals surface area (Å²) in [6.45, 7) is 8.90. The molecule has 0 nitrogen and oxygen atoms in total. The Morgan fingerprint density at radius 2 is 0.724 bits per heavy atom. The summed E-state index contributed by atoms with van der Waals surface area (Å²) in [5, 5.41) is 0. The number of rotatable bonds is 4. The zero-order chi connectivity index (χ0) is 20.1. The highest BCUT2D eigenvalue weighted by atomic mass is 32.1.